The molecule has 2 heterocycles. The van der Waals surface area contributed by atoms with Gasteiger partial charge >= 0.3 is 0 Å². The summed E-state index contributed by atoms with van der Waals surface area (Å²) in [5, 5.41) is 5.50. The van der Waals surface area contributed by atoms with Crippen LogP contribution in [0.5, 0.6) is 11.5 Å². The average molecular weight is 394 g/mol. The number of nitrogens with zero attached hydrogens (tertiary/aromatic N) is 1. The van der Waals surface area contributed by atoms with Gasteiger partial charge in [0.15, 0.2) is 16.6 Å². The Morgan fingerprint density at radius 2 is 1.86 bits per heavy atom. The number of carbonyl (C=O) groups is 1. The lowest BCUT2D eigenvalue weighted by atomic mass is 9.85. The molecule has 3 aromatic rings. The normalized spacial score (nSPS) is 13.2. The number of aromatic nitrogens is 1. The lowest BCUT2D eigenvalue weighted by Crippen LogP contribution is -2.32. The van der Waals surface area contributed by atoms with Crippen LogP contribution in [-0.2, 0) is 11.2 Å². The van der Waals surface area contributed by atoms with Crippen molar-refractivity contribution in [1.29, 1.82) is 0 Å². The van der Waals surface area contributed by atoms with Crippen LogP contribution in [0.4, 0.5) is 5.13 Å². The fraction of sp³-hybridized carbons (Fsp3) is 0.273. The number of carbonyl (C=O) groups excluding carboxylic acids is 1. The predicted octanol–water partition coefficient (Wildman–Crippen LogP) is 4.79. The van der Waals surface area contributed by atoms with Crippen molar-refractivity contribution >= 4 is 22.4 Å². The molecule has 0 radical (unpaired) electrons. The fourth-order valence-electron chi connectivity index (χ4n) is 3.12. The van der Waals surface area contributed by atoms with Crippen molar-refractivity contribution in [2.24, 2.45) is 5.41 Å². The van der Waals surface area contributed by atoms with Crippen LogP contribution in [0.1, 0.15) is 19.4 Å². The number of hydrogen-bond acceptors (Lipinski definition) is 5. The van der Waals surface area contributed by atoms with Gasteiger partial charge in [0.05, 0.1) is 5.69 Å². The molecule has 1 aromatic heterocycles. The van der Waals surface area contributed by atoms with E-state index in [4.69, 9.17) is 9.47 Å². The van der Waals surface area contributed by atoms with Crippen LogP contribution in [0.15, 0.2) is 53.9 Å². The molecule has 144 valence electrons. The van der Waals surface area contributed by atoms with Crippen LogP contribution >= 0.6 is 11.3 Å². The van der Waals surface area contributed by atoms with Crippen molar-refractivity contribution in [3.8, 4) is 22.8 Å². The quantitative estimate of drug-likeness (QED) is 0.676. The minimum absolute atomic E-state index is 0.0422. The molecule has 0 atom stereocenters. The Hall–Kier alpha value is -2.86. The van der Waals surface area contributed by atoms with Gasteiger partial charge in [0.25, 0.3) is 0 Å². The Balaban J connectivity index is 1.46. The van der Waals surface area contributed by atoms with Gasteiger partial charge in [0, 0.05) is 16.4 Å². The van der Waals surface area contributed by atoms with Gasteiger partial charge in [-0.3, -0.25) is 4.79 Å². The first-order valence-corrected chi connectivity index (χ1v) is 10.1. The van der Waals surface area contributed by atoms with Gasteiger partial charge in [-0.05, 0) is 30.2 Å². The highest BCUT2D eigenvalue weighted by molar-refractivity contribution is 7.14. The van der Waals surface area contributed by atoms with Crippen molar-refractivity contribution < 1.29 is 14.3 Å². The molecule has 4 rings (SSSR count). The Morgan fingerprint density at radius 1 is 1.11 bits per heavy atom. The van der Waals surface area contributed by atoms with Gasteiger partial charge in [0.1, 0.15) is 13.2 Å². The van der Waals surface area contributed by atoms with E-state index in [1.165, 1.54) is 11.3 Å². The average Bonchev–Trinajstić information content (AvgIpc) is 3.16. The number of benzene rings is 2. The third-order valence-electron chi connectivity index (χ3n) is 4.67. The summed E-state index contributed by atoms with van der Waals surface area (Å²) in [4.78, 5) is 17.4. The Bertz CT molecular complexity index is 982. The molecule has 6 heteroatoms. The molecule has 0 unspecified atom stereocenters. The zero-order valence-corrected chi connectivity index (χ0v) is 16.7. The van der Waals surface area contributed by atoms with E-state index in [1.54, 1.807) is 0 Å². The third-order valence-corrected chi connectivity index (χ3v) is 5.42. The maximum absolute atomic E-state index is 12.8. The number of anilines is 1. The van der Waals surface area contributed by atoms with Crippen LogP contribution in [0.2, 0.25) is 0 Å². The fourth-order valence-corrected chi connectivity index (χ4v) is 3.83. The van der Waals surface area contributed by atoms with Gasteiger partial charge in [-0.25, -0.2) is 4.98 Å². The van der Waals surface area contributed by atoms with E-state index in [1.807, 2.05) is 67.8 Å². The van der Waals surface area contributed by atoms with Crippen LogP contribution in [0.3, 0.4) is 0 Å². The summed E-state index contributed by atoms with van der Waals surface area (Å²) in [6.07, 6.45) is 0.667. The number of fused-ring (bicyclic) bond motifs is 1. The number of rotatable bonds is 5. The summed E-state index contributed by atoms with van der Waals surface area (Å²) in [7, 11) is 0. The van der Waals surface area contributed by atoms with Gasteiger partial charge in [-0.1, -0.05) is 44.2 Å². The first kappa shape index (κ1) is 18.5. The maximum Gasteiger partial charge on any atom is 0.232 e. The molecule has 1 N–H and O–H groups in total. The number of thiazole rings is 1. The molecule has 1 amide bonds. The second-order valence-corrected chi connectivity index (χ2v) is 8.25. The SMILES string of the molecule is CC(C)(Cc1ccccc1)C(=O)Nc1nc(-c2ccc3c(c2)OCCO3)cs1. The molecular weight excluding hydrogens is 372 g/mol. The van der Waals surface area contributed by atoms with Gasteiger partial charge in [-0.2, -0.15) is 0 Å². The van der Waals surface area contributed by atoms with E-state index in [0.29, 0.717) is 24.8 Å². The molecule has 1 aliphatic heterocycles. The van der Waals surface area contributed by atoms with E-state index < -0.39 is 5.41 Å². The van der Waals surface area contributed by atoms with Crippen molar-refractivity contribution in [3.05, 3.63) is 59.5 Å². The minimum Gasteiger partial charge on any atom is -0.486 e. The maximum atomic E-state index is 12.8. The highest BCUT2D eigenvalue weighted by atomic mass is 32.1. The topological polar surface area (TPSA) is 60.5 Å². The molecule has 2 aromatic carbocycles. The summed E-state index contributed by atoms with van der Waals surface area (Å²) in [6, 6.07) is 15.8. The lowest BCUT2D eigenvalue weighted by molar-refractivity contribution is -0.123. The number of hydrogen-bond donors (Lipinski definition) is 1. The lowest BCUT2D eigenvalue weighted by Gasteiger charge is -2.23. The number of ether oxygens (including phenoxy) is 2. The molecule has 0 spiro atoms. The Morgan fingerprint density at radius 3 is 2.64 bits per heavy atom. The first-order valence-electron chi connectivity index (χ1n) is 9.22. The molecule has 1 aliphatic rings. The van der Waals surface area contributed by atoms with Gasteiger partial charge < -0.3 is 14.8 Å². The smallest absolute Gasteiger partial charge is 0.232 e. The van der Waals surface area contributed by atoms with Crippen LogP contribution < -0.4 is 14.8 Å². The standard InChI is InChI=1S/C22H22N2O3S/c1-22(2,13-15-6-4-3-5-7-15)20(25)24-21-23-17(14-28-21)16-8-9-18-19(12-16)27-11-10-26-18/h3-9,12,14H,10-11,13H2,1-2H3,(H,23,24,25). The van der Waals surface area contributed by atoms with Crippen molar-refractivity contribution in [2.75, 3.05) is 18.5 Å². The van der Waals surface area contributed by atoms with E-state index in [9.17, 15) is 4.79 Å². The van der Waals surface area contributed by atoms with Crippen LogP contribution in [-0.4, -0.2) is 24.1 Å². The minimum atomic E-state index is -0.538. The first-order chi connectivity index (χ1) is 13.5. The van der Waals surface area contributed by atoms with E-state index in [-0.39, 0.29) is 5.91 Å². The van der Waals surface area contributed by atoms with Gasteiger partial charge in [-0.15, -0.1) is 11.3 Å². The summed E-state index contributed by atoms with van der Waals surface area (Å²) in [5.74, 6) is 1.44. The summed E-state index contributed by atoms with van der Waals surface area (Å²) in [5.41, 5.74) is 2.34. The van der Waals surface area contributed by atoms with Crippen LogP contribution in [0, 0.1) is 5.41 Å². The Labute approximate surface area is 168 Å². The zero-order chi connectivity index (χ0) is 19.6. The monoisotopic (exact) mass is 394 g/mol. The highest BCUT2D eigenvalue weighted by Gasteiger charge is 2.28. The zero-order valence-electron chi connectivity index (χ0n) is 15.9. The van der Waals surface area contributed by atoms with Crippen molar-refractivity contribution in [1.82, 2.24) is 4.98 Å². The second kappa shape index (κ2) is 7.64. The molecular formula is C22H22N2O3S. The van der Waals surface area contributed by atoms with Gasteiger partial charge in [0.2, 0.25) is 5.91 Å². The summed E-state index contributed by atoms with van der Waals surface area (Å²) >= 11 is 1.42. The molecule has 0 aliphatic carbocycles. The second-order valence-electron chi connectivity index (χ2n) is 7.40. The Kier molecular flexibility index (Phi) is 5.05. The van der Waals surface area contributed by atoms with Crippen molar-refractivity contribution in [3.63, 3.8) is 0 Å². The van der Waals surface area contributed by atoms with Crippen molar-refractivity contribution in [2.45, 2.75) is 20.3 Å². The summed E-state index contributed by atoms with van der Waals surface area (Å²) in [6.45, 7) is 5.01. The number of amides is 1. The largest absolute Gasteiger partial charge is 0.486 e. The molecule has 0 fully saturated rings. The molecule has 28 heavy (non-hydrogen) atoms. The molecule has 0 saturated heterocycles. The third kappa shape index (κ3) is 4.02. The molecule has 5 nitrogen and oxygen atoms in total. The highest BCUT2D eigenvalue weighted by Crippen LogP contribution is 2.35. The van der Waals surface area contributed by atoms with E-state index in [2.05, 4.69) is 10.3 Å². The summed E-state index contributed by atoms with van der Waals surface area (Å²) < 4.78 is 11.2. The predicted molar refractivity (Wildman–Crippen MR) is 111 cm³/mol. The molecule has 0 saturated carbocycles. The van der Waals surface area contributed by atoms with E-state index in [0.717, 1.165) is 28.3 Å². The number of nitrogens with one attached hydrogen (secondary N) is 1. The van der Waals surface area contributed by atoms with E-state index >= 15 is 0 Å². The molecule has 0 bridgehead atoms. The van der Waals surface area contributed by atoms with Crippen LogP contribution in [0.25, 0.3) is 11.3 Å².